The largest absolute Gasteiger partial charge is 0.507 e. The lowest BCUT2D eigenvalue weighted by Gasteiger charge is -2.10. The predicted octanol–water partition coefficient (Wildman–Crippen LogP) is 3.89. The molecule has 5 heteroatoms. The van der Waals surface area contributed by atoms with Crippen LogP contribution in [0.4, 0.5) is 0 Å². The highest BCUT2D eigenvalue weighted by Crippen LogP contribution is 2.38. The number of phenolic OH excluding ortho intramolecular Hbond substituents is 1. The number of phenols is 1. The van der Waals surface area contributed by atoms with E-state index in [4.69, 9.17) is 0 Å². The van der Waals surface area contributed by atoms with Crippen LogP contribution in [-0.2, 0) is 0 Å². The Kier molecular flexibility index (Phi) is 2.57. The summed E-state index contributed by atoms with van der Waals surface area (Å²) in [4.78, 5) is 0. The average Bonchev–Trinajstić information content (AvgIpc) is 2.94. The topological polar surface area (TPSA) is 69.7 Å². The zero-order valence-electron chi connectivity index (χ0n) is 9.43. The van der Waals surface area contributed by atoms with Crippen molar-refractivity contribution in [2.75, 3.05) is 0 Å². The molecule has 0 fully saturated rings. The van der Waals surface area contributed by atoms with Gasteiger partial charge in [-0.1, -0.05) is 48.5 Å². The maximum absolute atomic E-state index is 10.3. The molecule has 0 saturated carbocycles. The summed E-state index contributed by atoms with van der Waals surface area (Å²) in [6.07, 6.45) is -0.534. The van der Waals surface area contributed by atoms with Gasteiger partial charge in [-0.25, -0.2) is 0 Å². The molecule has 0 atom stereocenters. The Labute approximate surface area is 104 Å². The number of hydrogen-bond donors (Lipinski definition) is 1. The Morgan fingerprint density at radius 2 is 1.56 bits per heavy atom. The second kappa shape index (κ2) is 4.37. The molecule has 1 aliphatic rings. The van der Waals surface area contributed by atoms with Crippen LogP contribution >= 0.6 is 0 Å². The molecule has 0 spiro atoms. The highest BCUT2D eigenvalue weighted by atomic mass is 16.3. The zero-order chi connectivity index (χ0) is 12.4. The molecular weight excluding hydrogens is 228 g/mol. The third-order valence-electron chi connectivity index (χ3n) is 2.79. The van der Waals surface area contributed by atoms with Crippen LogP contribution in [0.15, 0.2) is 69.2 Å². The predicted molar refractivity (Wildman–Crippen MR) is 66.0 cm³/mol. The summed E-state index contributed by atoms with van der Waals surface area (Å²) in [5, 5.41) is 24.9. The normalized spacial score (nSPS) is 14.2. The molecule has 0 aromatic heterocycles. The molecule has 2 aromatic rings. The highest BCUT2D eigenvalue weighted by molar-refractivity contribution is 5.71. The van der Waals surface area contributed by atoms with Crippen molar-refractivity contribution < 1.29 is 5.11 Å². The van der Waals surface area contributed by atoms with E-state index < -0.39 is 6.17 Å². The molecular formula is C13H10N4O. The lowest BCUT2D eigenvalue weighted by atomic mass is 10.0. The molecule has 1 N–H and O–H groups in total. The van der Waals surface area contributed by atoms with Crippen molar-refractivity contribution in [1.82, 2.24) is 0 Å². The Morgan fingerprint density at radius 3 is 2.28 bits per heavy atom. The Balaban J connectivity index is 2.10. The summed E-state index contributed by atoms with van der Waals surface area (Å²) < 4.78 is 0. The maximum Gasteiger partial charge on any atom is 0.213 e. The maximum atomic E-state index is 10.3. The fraction of sp³-hybridized carbons (Fsp3) is 0.0769. The summed E-state index contributed by atoms with van der Waals surface area (Å²) in [5.41, 5.74) is 2.32. The first kappa shape index (κ1) is 10.6. The van der Waals surface area contributed by atoms with Gasteiger partial charge in [-0.05, 0) is 16.0 Å². The summed E-state index contributed by atoms with van der Waals surface area (Å²) in [6.45, 7) is 0. The highest BCUT2D eigenvalue weighted by Gasteiger charge is 2.19. The number of nitrogens with zero attached hydrogens (tertiary/aromatic N) is 4. The summed E-state index contributed by atoms with van der Waals surface area (Å²) in [7, 11) is 0. The standard InChI is InChI=1S/C13H10N4O/c18-12-10(9-5-2-1-3-6-9)7-4-8-11(12)13-14-16-17-15-13/h1-8,13,18H. The van der Waals surface area contributed by atoms with Crippen molar-refractivity contribution in [3.8, 4) is 16.9 Å². The third-order valence-corrected chi connectivity index (χ3v) is 2.79. The van der Waals surface area contributed by atoms with E-state index in [1.807, 2.05) is 42.5 Å². The van der Waals surface area contributed by atoms with Gasteiger partial charge in [0.15, 0.2) is 0 Å². The molecule has 3 rings (SSSR count). The minimum atomic E-state index is -0.534. The van der Waals surface area contributed by atoms with Crippen molar-refractivity contribution in [2.45, 2.75) is 6.17 Å². The van der Waals surface area contributed by atoms with E-state index in [2.05, 4.69) is 20.7 Å². The van der Waals surface area contributed by atoms with E-state index in [0.717, 1.165) is 11.1 Å². The average molecular weight is 238 g/mol. The van der Waals surface area contributed by atoms with Crippen LogP contribution in [0.2, 0.25) is 0 Å². The van der Waals surface area contributed by atoms with Gasteiger partial charge in [-0.2, -0.15) is 0 Å². The van der Waals surface area contributed by atoms with E-state index in [1.165, 1.54) is 0 Å². The lowest BCUT2D eigenvalue weighted by molar-refractivity contribution is 0.464. The Morgan fingerprint density at radius 1 is 0.833 bits per heavy atom. The molecule has 2 aromatic carbocycles. The number of para-hydroxylation sites is 1. The van der Waals surface area contributed by atoms with E-state index >= 15 is 0 Å². The van der Waals surface area contributed by atoms with Gasteiger partial charge in [0.25, 0.3) is 0 Å². The van der Waals surface area contributed by atoms with Gasteiger partial charge in [-0.3, -0.25) is 0 Å². The van der Waals surface area contributed by atoms with Crippen LogP contribution in [-0.4, -0.2) is 5.11 Å². The number of hydrogen-bond acceptors (Lipinski definition) is 5. The van der Waals surface area contributed by atoms with Crippen molar-refractivity contribution in [1.29, 1.82) is 0 Å². The van der Waals surface area contributed by atoms with Gasteiger partial charge in [0.2, 0.25) is 6.17 Å². The molecule has 18 heavy (non-hydrogen) atoms. The van der Waals surface area contributed by atoms with Crippen LogP contribution < -0.4 is 0 Å². The third kappa shape index (κ3) is 1.75. The van der Waals surface area contributed by atoms with Crippen LogP contribution in [0.25, 0.3) is 11.1 Å². The van der Waals surface area contributed by atoms with Crippen molar-refractivity contribution in [3.63, 3.8) is 0 Å². The van der Waals surface area contributed by atoms with Crippen LogP contribution in [0.5, 0.6) is 5.75 Å². The lowest BCUT2D eigenvalue weighted by Crippen LogP contribution is -1.91. The van der Waals surface area contributed by atoms with Crippen LogP contribution in [0.1, 0.15) is 11.7 Å². The van der Waals surface area contributed by atoms with E-state index in [9.17, 15) is 5.11 Å². The van der Waals surface area contributed by atoms with Crippen molar-refractivity contribution in [2.24, 2.45) is 20.7 Å². The molecule has 5 nitrogen and oxygen atoms in total. The molecule has 88 valence electrons. The second-order valence-corrected chi connectivity index (χ2v) is 3.89. The first-order chi connectivity index (χ1) is 8.86. The minimum absolute atomic E-state index is 0.175. The van der Waals surface area contributed by atoms with Gasteiger partial charge < -0.3 is 5.11 Å². The van der Waals surface area contributed by atoms with Gasteiger partial charge in [0, 0.05) is 11.1 Å². The summed E-state index contributed by atoms with van der Waals surface area (Å²) in [6, 6.07) is 15.2. The fourth-order valence-electron chi connectivity index (χ4n) is 1.91. The van der Waals surface area contributed by atoms with Crippen molar-refractivity contribution in [3.05, 3.63) is 54.1 Å². The van der Waals surface area contributed by atoms with E-state index in [-0.39, 0.29) is 5.75 Å². The molecule has 0 aliphatic carbocycles. The molecule has 0 saturated heterocycles. The second-order valence-electron chi connectivity index (χ2n) is 3.89. The molecule has 0 radical (unpaired) electrons. The molecule has 0 bridgehead atoms. The van der Waals surface area contributed by atoms with Crippen LogP contribution in [0.3, 0.4) is 0 Å². The van der Waals surface area contributed by atoms with Gasteiger partial charge in [-0.15, -0.1) is 10.2 Å². The van der Waals surface area contributed by atoms with Crippen molar-refractivity contribution >= 4 is 0 Å². The molecule has 0 amide bonds. The van der Waals surface area contributed by atoms with E-state index in [1.54, 1.807) is 6.07 Å². The van der Waals surface area contributed by atoms with E-state index in [0.29, 0.717) is 5.56 Å². The zero-order valence-corrected chi connectivity index (χ0v) is 9.43. The minimum Gasteiger partial charge on any atom is -0.507 e. The number of aromatic hydroxyl groups is 1. The SMILES string of the molecule is Oc1c(-c2ccccc2)cccc1C1N=NN=N1. The Bertz CT molecular complexity index is 610. The number of rotatable bonds is 2. The number of benzene rings is 2. The quantitative estimate of drug-likeness (QED) is 0.847. The van der Waals surface area contributed by atoms with Crippen LogP contribution in [0, 0.1) is 0 Å². The smallest absolute Gasteiger partial charge is 0.213 e. The molecule has 0 unspecified atom stereocenters. The molecule has 1 heterocycles. The first-order valence-corrected chi connectivity index (χ1v) is 5.53. The van der Waals surface area contributed by atoms with Gasteiger partial charge >= 0.3 is 0 Å². The van der Waals surface area contributed by atoms with Gasteiger partial charge in [0.1, 0.15) is 5.75 Å². The first-order valence-electron chi connectivity index (χ1n) is 5.53. The summed E-state index contributed by atoms with van der Waals surface area (Å²) >= 11 is 0. The molecule has 1 aliphatic heterocycles. The Hall–Kier alpha value is -2.56. The summed E-state index contributed by atoms with van der Waals surface area (Å²) in [5.74, 6) is 0.175. The fourth-order valence-corrected chi connectivity index (χ4v) is 1.91. The monoisotopic (exact) mass is 238 g/mol. The van der Waals surface area contributed by atoms with Gasteiger partial charge in [0.05, 0.1) is 0 Å².